The van der Waals surface area contributed by atoms with E-state index < -0.39 is 0 Å². The van der Waals surface area contributed by atoms with Crippen LogP contribution in [0, 0.1) is 0 Å². The second-order valence-electron chi connectivity index (χ2n) is 1.15. The number of hydrogen-bond acceptors (Lipinski definition) is 1. The molecule has 0 amide bonds. The number of rotatable bonds is 1. The molecule has 0 unspecified atom stereocenters. The summed E-state index contributed by atoms with van der Waals surface area (Å²) in [5.41, 5.74) is 0. The third kappa shape index (κ3) is 4.75. The van der Waals surface area contributed by atoms with E-state index >= 15 is 0 Å². The van der Waals surface area contributed by atoms with Gasteiger partial charge in [-0.3, -0.25) is 0 Å². The first-order valence-electron chi connectivity index (χ1n) is 1.57. The quantitative estimate of drug-likeness (QED) is 0.534. The molecular weight excluding hydrogens is 180 g/mol. The Bertz CT molecular complexity index is 20.9. The van der Waals surface area contributed by atoms with Gasteiger partial charge in [0, 0.05) is 0 Å². The van der Waals surface area contributed by atoms with E-state index in [1.807, 2.05) is 13.8 Å². The van der Waals surface area contributed by atoms with E-state index in [-0.39, 0.29) is 0 Å². The Morgan fingerprint density at radius 1 is 1.60 bits per heavy atom. The normalized spacial score (nSPS) is 9.60. The van der Waals surface area contributed by atoms with Crippen molar-refractivity contribution in [3.8, 4) is 0 Å². The van der Waals surface area contributed by atoms with E-state index in [0.29, 0.717) is 6.10 Å². The average molecular weight is 188 g/mol. The van der Waals surface area contributed by atoms with E-state index in [4.69, 9.17) is 3.10 Å². The van der Waals surface area contributed by atoms with Crippen LogP contribution >= 0.6 is 0 Å². The maximum absolute atomic E-state index is 4.80. The van der Waals surface area contributed by atoms with Crippen molar-refractivity contribution in [2.45, 2.75) is 20.0 Å². The van der Waals surface area contributed by atoms with Crippen molar-refractivity contribution in [1.82, 2.24) is 0 Å². The van der Waals surface area contributed by atoms with Crippen LogP contribution in [0.25, 0.3) is 0 Å². The van der Waals surface area contributed by atoms with Gasteiger partial charge in [-0.15, -0.1) is 0 Å². The molecule has 1 nitrogen and oxygen atoms in total. The monoisotopic (exact) mass is 190 g/mol. The van der Waals surface area contributed by atoms with Crippen LogP contribution in [0.1, 0.15) is 13.8 Å². The van der Waals surface area contributed by atoms with Gasteiger partial charge in [0.25, 0.3) is 0 Å². The van der Waals surface area contributed by atoms with E-state index in [2.05, 4.69) is 0 Å². The summed E-state index contributed by atoms with van der Waals surface area (Å²) in [7, 11) is 0. The fourth-order valence-electron chi connectivity index (χ4n) is 0. The molecule has 0 aromatic carbocycles. The summed E-state index contributed by atoms with van der Waals surface area (Å²) in [5, 5.41) is 0. The maximum atomic E-state index is 4.80. The molecule has 0 fully saturated rings. The van der Waals surface area contributed by atoms with Gasteiger partial charge >= 0.3 is 45.8 Å². The molecule has 0 radical (unpaired) electrons. The van der Waals surface area contributed by atoms with Gasteiger partial charge in [-0.05, 0) is 0 Å². The molecule has 0 aromatic rings. The molecule has 5 heavy (non-hydrogen) atoms. The van der Waals surface area contributed by atoms with Crippen LogP contribution in [0.4, 0.5) is 0 Å². The third-order valence-electron chi connectivity index (χ3n) is 0.211. The van der Waals surface area contributed by atoms with Crippen LogP contribution in [0.2, 0.25) is 0 Å². The molecule has 0 saturated carbocycles. The SMILES string of the molecule is CC(C)O[TeH]. The van der Waals surface area contributed by atoms with Crippen molar-refractivity contribution in [1.29, 1.82) is 0 Å². The molecule has 0 aromatic heterocycles. The van der Waals surface area contributed by atoms with Crippen molar-refractivity contribution in [2.75, 3.05) is 0 Å². The minimum atomic E-state index is 0.406. The Labute approximate surface area is 46.1 Å². The summed E-state index contributed by atoms with van der Waals surface area (Å²) in [5.74, 6) is 0. The first kappa shape index (κ1) is 5.75. The molecule has 0 bridgehead atoms. The second-order valence-corrected chi connectivity index (χ2v) is 1.76. The Morgan fingerprint density at radius 2 is 1.80 bits per heavy atom. The first-order chi connectivity index (χ1) is 2.27. The van der Waals surface area contributed by atoms with Crippen LogP contribution in [0.5, 0.6) is 0 Å². The van der Waals surface area contributed by atoms with E-state index in [1.54, 1.807) is 0 Å². The van der Waals surface area contributed by atoms with Gasteiger partial charge in [-0.1, -0.05) is 0 Å². The summed E-state index contributed by atoms with van der Waals surface area (Å²) in [6.07, 6.45) is 0.406. The van der Waals surface area contributed by atoms with Crippen LogP contribution in [-0.4, -0.2) is 28.8 Å². The van der Waals surface area contributed by atoms with E-state index in [1.165, 1.54) is 22.7 Å². The fraction of sp³-hybridized carbons (Fsp3) is 1.00. The van der Waals surface area contributed by atoms with Crippen molar-refractivity contribution in [3.05, 3.63) is 0 Å². The van der Waals surface area contributed by atoms with Gasteiger partial charge in [-0.25, -0.2) is 0 Å². The van der Waals surface area contributed by atoms with Crippen LogP contribution in [0.3, 0.4) is 0 Å². The van der Waals surface area contributed by atoms with Gasteiger partial charge in [0.1, 0.15) is 0 Å². The first-order valence-corrected chi connectivity index (χ1v) is 2.62. The summed E-state index contributed by atoms with van der Waals surface area (Å²) >= 11 is 1.40. The van der Waals surface area contributed by atoms with Crippen molar-refractivity contribution in [3.63, 3.8) is 0 Å². The van der Waals surface area contributed by atoms with Gasteiger partial charge in [-0.2, -0.15) is 0 Å². The average Bonchev–Trinajstić information content (AvgIpc) is 1.38. The predicted octanol–water partition coefficient (Wildman–Crippen LogP) is 0.227. The van der Waals surface area contributed by atoms with E-state index in [0.717, 1.165) is 0 Å². The van der Waals surface area contributed by atoms with Crippen molar-refractivity contribution >= 4 is 22.7 Å². The number of hydrogen-bond donors (Lipinski definition) is 0. The molecule has 0 N–H and O–H groups in total. The zero-order valence-electron chi connectivity index (χ0n) is 3.43. The molecule has 2 heteroatoms. The van der Waals surface area contributed by atoms with Gasteiger partial charge < -0.3 is 0 Å². The molecule has 0 spiro atoms. The molecule has 0 saturated heterocycles. The third-order valence-corrected chi connectivity index (χ3v) is 1.41. The van der Waals surface area contributed by atoms with Gasteiger partial charge in [0.2, 0.25) is 0 Å². The minimum absolute atomic E-state index is 0.406. The van der Waals surface area contributed by atoms with Crippen molar-refractivity contribution in [2.24, 2.45) is 0 Å². The zero-order chi connectivity index (χ0) is 4.28. The molecule has 0 rings (SSSR count). The van der Waals surface area contributed by atoms with Crippen LogP contribution < -0.4 is 0 Å². The Hall–Kier alpha value is 0.750. The summed E-state index contributed by atoms with van der Waals surface area (Å²) < 4.78 is 4.80. The molecule has 0 aliphatic carbocycles. The molecule has 0 atom stereocenters. The zero-order valence-corrected chi connectivity index (χ0v) is 5.99. The topological polar surface area (TPSA) is 9.23 Å². The standard InChI is InChI=1S/C3H8OTe/c1-3(2)4-5/h3,5H,1-2H3. The fourth-order valence-corrected chi connectivity index (χ4v) is 0. The van der Waals surface area contributed by atoms with Crippen molar-refractivity contribution < 1.29 is 3.10 Å². The molecule has 32 valence electrons. The second kappa shape index (κ2) is 2.96. The van der Waals surface area contributed by atoms with Crippen LogP contribution in [0.15, 0.2) is 0 Å². The Kier molecular flexibility index (Phi) is 3.40. The van der Waals surface area contributed by atoms with Gasteiger partial charge in [0.05, 0.1) is 0 Å². The molecule has 0 aliphatic rings. The van der Waals surface area contributed by atoms with E-state index in [9.17, 15) is 0 Å². The predicted molar refractivity (Wildman–Crippen MR) is 23.4 cm³/mol. The summed E-state index contributed by atoms with van der Waals surface area (Å²) in [6.45, 7) is 4.03. The van der Waals surface area contributed by atoms with Crippen LogP contribution in [-0.2, 0) is 3.10 Å². The summed E-state index contributed by atoms with van der Waals surface area (Å²) in [6, 6.07) is 0. The molecule has 0 heterocycles. The molecule has 0 aliphatic heterocycles. The Balaban J connectivity index is 2.54. The molecular formula is C3H8OTe. The van der Waals surface area contributed by atoms with Gasteiger partial charge in [0.15, 0.2) is 0 Å². The Morgan fingerprint density at radius 3 is 1.80 bits per heavy atom. The summed E-state index contributed by atoms with van der Waals surface area (Å²) in [4.78, 5) is 0.